The molecule has 0 aliphatic heterocycles. The van der Waals surface area contributed by atoms with Gasteiger partial charge in [-0.15, -0.1) is 0 Å². The highest BCUT2D eigenvalue weighted by Gasteiger charge is 2.12. The molecule has 0 spiro atoms. The van der Waals surface area contributed by atoms with E-state index in [2.05, 4.69) is 55.3 Å². The first-order valence-electron chi connectivity index (χ1n) is 8.38. The number of anilines is 1. The third-order valence-electron chi connectivity index (χ3n) is 4.04. The number of aryl methyl sites for hydroxylation is 2. The van der Waals surface area contributed by atoms with Crippen molar-refractivity contribution in [3.05, 3.63) is 36.7 Å². The topological polar surface area (TPSA) is 36.8 Å². The molecule has 1 heterocycles. The number of azo groups is 1. The minimum atomic E-state index is 0.817. The molecule has 0 unspecified atom stereocenters. The molecule has 0 aliphatic carbocycles. The van der Waals surface area contributed by atoms with Gasteiger partial charge in [0, 0.05) is 17.3 Å². The second kappa shape index (κ2) is 7.57. The summed E-state index contributed by atoms with van der Waals surface area (Å²) in [5.74, 6) is 0.817. The van der Waals surface area contributed by atoms with Gasteiger partial charge in [-0.05, 0) is 31.2 Å². The number of hydrogen-bond acceptors (Lipinski definition) is 3. The SMILES string of the molecule is CCN(CC[N+](C)(C)C)c1ccc(N=Nc2n(C)cc[n+]2C)cc1. The Morgan fingerprint density at radius 1 is 1.12 bits per heavy atom. The van der Waals surface area contributed by atoms with Crippen molar-refractivity contribution in [2.45, 2.75) is 6.92 Å². The lowest BCUT2D eigenvalue weighted by Crippen LogP contribution is -2.42. The molecule has 0 saturated carbocycles. The molecule has 24 heavy (non-hydrogen) atoms. The predicted molar refractivity (Wildman–Crippen MR) is 98.0 cm³/mol. The normalized spacial score (nSPS) is 12.1. The summed E-state index contributed by atoms with van der Waals surface area (Å²) >= 11 is 0. The van der Waals surface area contributed by atoms with Crippen LogP contribution < -0.4 is 9.47 Å². The molecule has 2 aromatic rings. The number of quaternary nitrogens is 1. The Bertz CT molecular complexity index is 659. The van der Waals surface area contributed by atoms with Crippen LogP contribution in [0.25, 0.3) is 0 Å². The number of likely N-dealkylation sites (N-methyl/N-ethyl adjacent to an activating group) is 2. The predicted octanol–water partition coefficient (Wildman–Crippen LogP) is 2.80. The van der Waals surface area contributed by atoms with Gasteiger partial charge in [0.1, 0.15) is 5.69 Å². The lowest BCUT2D eigenvalue weighted by molar-refractivity contribution is -0.868. The number of rotatable bonds is 7. The Morgan fingerprint density at radius 3 is 2.29 bits per heavy atom. The first kappa shape index (κ1) is 18.1. The molecule has 1 aromatic carbocycles. The fourth-order valence-electron chi connectivity index (χ4n) is 2.45. The van der Waals surface area contributed by atoms with E-state index in [1.165, 1.54) is 5.69 Å². The highest BCUT2D eigenvalue weighted by molar-refractivity contribution is 5.52. The summed E-state index contributed by atoms with van der Waals surface area (Å²) in [6.07, 6.45) is 3.93. The molecule has 0 aliphatic rings. The summed E-state index contributed by atoms with van der Waals surface area (Å²) in [5, 5.41) is 8.68. The van der Waals surface area contributed by atoms with Crippen LogP contribution in [0.4, 0.5) is 17.3 Å². The van der Waals surface area contributed by atoms with Crippen LogP contribution in [0.3, 0.4) is 0 Å². The Hall–Kier alpha value is -2.21. The summed E-state index contributed by atoms with van der Waals surface area (Å²) < 4.78 is 4.86. The van der Waals surface area contributed by atoms with Crippen LogP contribution in [-0.2, 0) is 14.1 Å². The molecule has 6 nitrogen and oxygen atoms in total. The van der Waals surface area contributed by atoms with E-state index in [1.807, 2.05) is 47.8 Å². The van der Waals surface area contributed by atoms with Crippen LogP contribution in [0, 0.1) is 0 Å². The zero-order chi connectivity index (χ0) is 17.7. The van der Waals surface area contributed by atoms with Crippen LogP contribution in [0.1, 0.15) is 6.92 Å². The number of imidazole rings is 1. The van der Waals surface area contributed by atoms with Crippen LogP contribution in [0.5, 0.6) is 0 Å². The third-order valence-corrected chi connectivity index (χ3v) is 4.04. The maximum atomic E-state index is 4.34. The van der Waals surface area contributed by atoms with Crippen LogP contribution in [0.2, 0.25) is 0 Å². The first-order valence-corrected chi connectivity index (χ1v) is 8.38. The molecule has 0 atom stereocenters. The smallest absolute Gasteiger partial charge is 0.366 e. The zero-order valence-electron chi connectivity index (χ0n) is 15.8. The summed E-state index contributed by atoms with van der Waals surface area (Å²) in [5.41, 5.74) is 2.09. The van der Waals surface area contributed by atoms with E-state index in [0.29, 0.717) is 0 Å². The van der Waals surface area contributed by atoms with E-state index in [0.717, 1.165) is 35.8 Å². The molecule has 0 saturated heterocycles. The second-order valence-electron chi connectivity index (χ2n) is 7.13. The lowest BCUT2D eigenvalue weighted by Gasteiger charge is -2.29. The van der Waals surface area contributed by atoms with Crippen LogP contribution in [0.15, 0.2) is 46.9 Å². The summed E-state index contributed by atoms with van der Waals surface area (Å²) in [4.78, 5) is 2.39. The summed E-state index contributed by atoms with van der Waals surface area (Å²) in [6, 6.07) is 8.30. The Morgan fingerprint density at radius 2 is 1.79 bits per heavy atom. The molecule has 0 amide bonds. The Labute approximate surface area is 145 Å². The molecule has 130 valence electrons. The minimum Gasteiger partial charge on any atom is -0.366 e. The fourth-order valence-corrected chi connectivity index (χ4v) is 2.45. The van der Waals surface area contributed by atoms with Gasteiger partial charge < -0.3 is 9.38 Å². The van der Waals surface area contributed by atoms with Gasteiger partial charge in [-0.3, -0.25) is 0 Å². The van der Waals surface area contributed by atoms with Crippen molar-refractivity contribution in [1.82, 2.24) is 4.57 Å². The molecule has 0 bridgehead atoms. The molecule has 1 aromatic heterocycles. The van der Waals surface area contributed by atoms with Crippen molar-refractivity contribution in [3.63, 3.8) is 0 Å². The average Bonchev–Trinajstić information content (AvgIpc) is 2.85. The van der Waals surface area contributed by atoms with E-state index < -0.39 is 0 Å². The second-order valence-corrected chi connectivity index (χ2v) is 7.13. The van der Waals surface area contributed by atoms with Crippen molar-refractivity contribution < 1.29 is 9.05 Å². The van der Waals surface area contributed by atoms with E-state index in [1.54, 1.807) is 0 Å². The Balaban J connectivity index is 2.06. The van der Waals surface area contributed by atoms with E-state index in [4.69, 9.17) is 0 Å². The Kier molecular flexibility index (Phi) is 5.72. The van der Waals surface area contributed by atoms with Gasteiger partial charge in [0.2, 0.25) is 0 Å². The van der Waals surface area contributed by atoms with Crippen LogP contribution >= 0.6 is 0 Å². The van der Waals surface area contributed by atoms with E-state index in [-0.39, 0.29) is 0 Å². The minimum absolute atomic E-state index is 0.817. The molecule has 2 rings (SSSR count). The number of aromatic nitrogens is 2. The number of benzene rings is 1. The average molecular weight is 330 g/mol. The van der Waals surface area contributed by atoms with Gasteiger partial charge in [0.25, 0.3) is 0 Å². The largest absolute Gasteiger partial charge is 0.421 e. The van der Waals surface area contributed by atoms with Gasteiger partial charge in [-0.2, -0.15) is 0 Å². The molecular formula is C18H30N6+2. The maximum Gasteiger partial charge on any atom is 0.421 e. The molecule has 0 radical (unpaired) electrons. The van der Waals surface area contributed by atoms with E-state index >= 15 is 0 Å². The fraction of sp³-hybridized carbons (Fsp3) is 0.500. The lowest BCUT2D eigenvalue weighted by atomic mass is 10.2. The van der Waals surface area contributed by atoms with Crippen molar-refractivity contribution in [1.29, 1.82) is 0 Å². The van der Waals surface area contributed by atoms with Crippen molar-refractivity contribution >= 4 is 17.3 Å². The van der Waals surface area contributed by atoms with Crippen molar-refractivity contribution in [2.24, 2.45) is 24.3 Å². The number of nitrogens with zero attached hydrogens (tertiary/aromatic N) is 6. The molecular weight excluding hydrogens is 300 g/mol. The molecule has 0 N–H and O–H groups in total. The third kappa shape index (κ3) is 4.89. The standard InChI is InChI=1S/C18H30N6/c1-7-23(14-15-24(4,5)6)17-10-8-16(9-11-17)19-20-18-21(2)12-13-22(18)3/h8-13H,7,14-15H2,1-6H3/q+2. The van der Waals surface area contributed by atoms with Gasteiger partial charge in [-0.25, -0.2) is 9.13 Å². The molecule has 6 heteroatoms. The highest BCUT2D eigenvalue weighted by atomic mass is 15.3. The quantitative estimate of drug-likeness (QED) is 0.437. The van der Waals surface area contributed by atoms with E-state index in [9.17, 15) is 0 Å². The zero-order valence-corrected chi connectivity index (χ0v) is 15.8. The van der Waals surface area contributed by atoms with Crippen molar-refractivity contribution in [2.75, 3.05) is 45.7 Å². The van der Waals surface area contributed by atoms with Gasteiger partial charge in [0.05, 0.1) is 60.7 Å². The monoisotopic (exact) mass is 330 g/mol. The summed E-state index contributed by atoms with van der Waals surface area (Å²) in [7, 11) is 10.6. The van der Waals surface area contributed by atoms with Gasteiger partial charge >= 0.3 is 5.95 Å². The highest BCUT2D eigenvalue weighted by Crippen LogP contribution is 2.21. The summed E-state index contributed by atoms with van der Waals surface area (Å²) in [6.45, 7) is 5.35. The van der Waals surface area contributed by atoms with Gasteiger partial charge in [0.15, 0.2) is 0 Å². The number of hydrogen-bond donors (Lipinski definition) is 0. The maximum absolute atomic E-state index is 4.34. The van der Waals surface area contributed by atoms with Crippen molar-refractivity contribution in [3.8, 4) is 0 Å². The van der Waals surface area contributed by atoms with Crippen LogP contribution in [-0.4, -0.2) is 49.8 Å². The first-order chi connectivity index (χ1) is 11.3. The van der Waals surface area contributed by atoms with Gasteiger partial charge in [-0.1, -0.05) is 5.11 Å². The molecule has 0 fully saturated rings.